The van der Waals surface area contributed by atoms with Gasteiger partial charge in [-0.1, -0.05) is 5.57 Å². The number of allylic oxidation sites excluding steroid dienone is 1. The van der Waals surface area contributed by atoms with E-state index < -0.39 is 5.95 Å². The third kappa shape index (κ3) is 1.88. The molecule has 0 aliphatic rings. The molecule has 1 N–H and O–H groups in total. The van der Waals surface area contributed by atoms with Gasteiger partial charge in [-0.3, -0.25) is 4.68 Å². The van der Waals surface area contributed by atoms with Crippen LogP contribution in [0.5, 0.6) is 0 Å². The highest BCUT2D eigenvalue weighted by Crippen LogP contribution is 2.17. The lowest BCUT2D eigenvalue weighted by Gasteiger charge is -2.05. The van der Waals surface area contributed by atoms with Crippen LogP contribution in [0.2, 0.25) is 0 Å². The van der Waals surface area contributed by atoms with Gasteiger partial charge in [-0.25, -0.2) is 0 Å². The van der Waals surface area contributed by atoms with Gasteiger partial charge < -0.3 is 5.32 Å². The van der Waals surface area contributed by atoms with Crippen LogP contribution in [0.3, 0.4) is 0 Å². The van der Waals surface area contributed by atoms with Crippen molar-refractivity contribution in [3.8, 4) is 0 Å². The van der Waals surface area contributed by atoms with Crippen LogP contribution in [-0.2, 0) is 7.05 Å². The summed E-state index contributed by atoms with van der Waals surface area (Å²) in [6.45, 7) is 3.86. The Morgan fingerprint density at radius 1 is 1.54 bits per heavy atom. The lowest BCUT2D eigenvalue weighted by molar-refractivity contribution is 0.550. The van der Waals surface area contributed by atoms with Crippen LogP contribution in [0, 0.1) is 5.95 Å². The molecule has 0 spiro atoms. The first-order chi connectivity index (χ1) is 6.06. The van der Waals surface area contributed by atoms with Crippen LogP contribution in [0.4, 0.5) is 4.39 Å². The van der Waals surface area contributed by atoms with Crippen molar-refractivity contribution in [3.05, 3.63) is 23.3 Å². The lowest BCUT2D eigenvalue weighted by Crippen LogP contribution is -2.06. The highest BCUT2D eigenvalue weighted by atomic mass is 19.1. The normalized spacial score (nSPS) is 9.92. The van der Waals surface area contributed by atoms with E-state index in [9.17, 15) is 4.39 Å². The van der Waals surface area contributed by atoms with E-state index in [4.69, 9.17) is 0 Å². The predicted molar refractivity (Wildman–Crippen MR) is 50.5 cm³/mol. The molecule has 0 amide bonds. The second-order valence-corrected chi connectivity index (χ2v) is 3.13. The smallest absolute Gasteiger partial charge is 0.241 e. The minimum atomic E-state index is -0.437. The van der Waals surface area contributed by atoms with Gasteiger partial charge in [-0.05, 0) is 13.8 Å². The van der Waals surface area contributed by atoms with Gasteiger partial charge in [0.2, 0.25) is 5.95 Å². The average molecular weight is 183 g/mol. The Hall–Kier alpha value is -1.32. The second kappa shape index (κ2) is 3.60. The van der Waals surface area contributed by atoms with Crippen LogP contribution < -0.4 is 5.32 Å². The van der Waals surface area contributed by atoms with Gasteiger partial charge in [-0.2, -0.15) is 4.39 Å². The molecule has 3 nitrogen and oxygen atoms in total. The topological polar surface area (TPSA) is 29.9 Å². The fourth-order valence-electron chi connectivity index (χ4n) is 1.28. The van der Waals surface area contributed by atoms with E-state index in [0.717, 1.165) is 11.3 Å². The maximum absolute atomic E-state index is 13.2. The minimum Gasteiger partial charge on any atom is -0.388 e. The van der Waals surface area contributed by atoms with Crippen molar-refractivity contribution in [2.45, 2.75) is 13.8 Å². The zero-order chi connectivity index (χ0) is 10.0. The Bertz CT molecular complexity index is 335. The van der Waals surface area contributed by atoms with Gasteiger partial charge in [0.15, 0.2) is 0 Å². The van der Waals surface area contributed by atoms with Crippen molar-refractivity contribution < 1.29 is 4.39 Å². The summed E-state index contributed by atoms with van der Waals surface area (Å²) in [5, 5.41) is 6.60. The zero-order valence-corrected chi connectivity index (χ0v) is 8.35. The molecule has 0 aliphatic carbocycles. The fourth-order valence-corrected chi connectivity index (χ4v) is 1.28. The second-order valence-electron chi connectivity index (χ2n) is 3.13. The number of halogens is 1. The molecule has 0 saturated carbocycles. The number of nitrogens with zero attached hydrogens (tertiary/aromatic N) is 2. The average Bonchev–Trinajstić information content (AvgIpc) is 2.31. The van der Waals surface area contributed by atoms with Crippen LogP contribution in [-0.4, -0.2) is 16.8 Å². The van der Waals surface area contributed by atoms with E-state index in [0.29, 0.717) is 5.56 Å². The maximum atomic E-state index is 13.2. The zero-order valence-electron chi connectivity index (χ0n) is 8.35. The van der Waals surface area contributed by atoms with Gasteiger partial charge in [0.1, 0.15) is 0 Å². The fraction of sp³-hybridized carbons (Fsp3) is 0.444. The minimum absolute atomic E-state index is 0.437. The van der Waals surface area contributed by atoms with Crippen molar-refractivity contribution in [3.63, 3.8) is 0 Å². The first-order valence-corrected chi connectivity index (χ1v) is 4.11. The van der Waals surface area contributed by atoms with Crippen molar-refractivity contribution in [1.82, 2.24) is 15.1 Å². The molecule has 72 valence electrons. The quantitative estimate of drug-likeness (QED) is 0.753. The number of aromatic nitrogens is 2. The van der Waals surface area contributed by atoms with Crippen LogP contribution in [0.25, 0.3) is 5.70 Å². The number of hydrogen-bond donors (Lipinski definition) is 1. The molecule has 0 aliphatic heterocycles. The molecule has 4 heteroatoms. The Labute approximate surface area is 77.3 Å². The Balaban J connectivity index is 3.20. The monoisotopic (exact) mass is 183 g/mol. The lowest BCUT2D eigenvalue weighted by atomic mass is 10.1. The summed E-state index contributed by atoms with van der Waals surface area (Å²) in [7, 11) is 3.47. The predicted octanol–water partition coefficient (Wildman–Crippen LogP) is 1.53. The van der Waals surface area contributed by atoms with E-state index >= 15 is 0 Å². The van der Waals surface area contributed by atoms with Crippen molar-refractivity contribution >= 4 is 5.70 Å². The van der Waals surface area contributed by atoms with Gasteiger partial charge >= 0.3 is 0 Å². The van der Waals surface area contributed by atoms with Crippen LogP contribution in [0.15, 0.2) is 11.8 Å². The van der Waals surface area contributed by atoms with Crippen molar-refractivity contribution in [2.75, 3.05) is 7.05 Å². The number of aryl methyl sites for hydroxylation is 1. The molecule has 1 heterocycles. The Morgan fingerprint density at radius 3 is 2.46 bits per heavy atom. The summed E-state index contributed by atoms with van der Waals surface area (Å²) in [6, 6.07) is 0. The third-order valence-electron chi connectivity index (χ3n) is 1.80. The molecule has 0 aromatic carbocycles. The number of nitrogens with one attached hydrogen (secondary N) is 1. The largest absolute Gasteiger partial charge is 0.388 e. The van der Waals surface area contributed by atoms with Crippen molar-refractivity contribution in [1.29, 1.82) is 0 Å². The van der Waals surface area contributed by atoms with Crippen LogP contribution >= 0.6 is 0 Å². The summed E-state index contributed by atoms with van der Waals surface area (Å²) < 4.78 is 14.7. The summed E-state index contributed by atoms with van der Waals surface area (Å²) in [5.41, 5.74) is 2.35. The summed E-state index contributed by atoms with van der Waals surface area (Å²) >= 11 is 0. The van der Waals surface area contributed by atoms with E-state index in [2.05, 4.69) is 10.4 Å². The number of rotatable bonds is 2. The highest BCUT2D eigenvalue weighted by molar-refractivity contribution is 5.65. The van der Waals surface area contributed by atoms with E-state index in [1.54, 1.807) is 20.3 Å². The molecule has 13 heavy (non-hydrogen) atoms. The molecule has 1 aromatic heterocycles. The summed E-state index contributed by atoms with van der Waals surface area (Å²) in [6.07, 6.45) is 1.66. The standard InChI is InChI=1S/C9H14FN3/c1-6(2)8(11-3)7-5-13(4)12-9(7)10/h5,11H,1-4H3. The van der Waals surface area contributed by atoms with Gasteiger partial charge in [0.25, 0.3) is 0 Å². The third-order valence-corrected chi connectivity index (χ3v) is 1.80. The summed E-state index contributed by atoms with van der Waals surface area (Å²) in [5.74, 6) is -0.437. The Kier molecular flexibility index (Phi) is 2.70. The first-order valence-electron chi connectivity index (χ1n) is 4.11. The van der Waals surface area contributed by atoms with Gasteiger partial charge in [0, 0.05) is 26.0 Å². The Morgan fingerprint density at radius 2 is 2.15 bits per heavy atom. The molecule has 0 saturated heterocycles. The molecule has 1 rings (SSSR count). The number of hydrogen-bond acceptors (Lipinski definition) is 2. The SMILES string of the molecule is CNC(=C(C)C)c1cn(C)nc1F. The highest BCUT2D eigenvalue weighted by Gasteiger charge is 2.11. The van der Waals surface area contributed by atoms with Crippen LogP contribution in [0.1, 0.15) is 19.4 Å². The molecular weight excluding hydrogens is 169 g/mol. The first kappa shape index (κ1) is 9.77. The summed E-state index contributed by atoms with van der Waals surface area (Å²) in [4.78, 5) is 0. The van der Waals surface area contributed by atoms with Gasteiger partial charge in [-0.15, -0.1) is 5.10 Å². The molecule has 0 atom stereocenters. The van der Waals surface area contributed by atoms with E-state index in [1.165, 1.54) is 4.68 Å². The molecular formula is C9H14FN3. The van der Waals surface area contributed by atoms with Crippen molar-refractivity contribution in [2.24, 2.45) is 7.05 Å². The molecule has 0 unspecified atom stereocenters. The maximum Gasteiger partial charge on any atom is 0.241 e. The van der Waals surface area contributed by atoms with Gasteiger partial charge in [0.05, 0.1) is 5.56 Å². The molecule has 1 aromatic rings. The molecule has 0 fully saturated rings. The molecule has 0 bridgehead atoms. The molecule has 0 radical (unpaired) electrons. The van der Waals surface area contributed by atoms with E-state index in [-0.39, 0.29) is 0 Å². The van der Waals surface area contributed by atoms with E-state index in [1.807, 2.05) is 13.8 Å².